The van der Waals surface area contributed by atoms with Crippen molar-refractivity contribution < 1.29 is 0 Å². The van der Waals surface area contributed by atoms with Gasteiger partial charge in [0.05, 0.1) is 27.6 Å². The lowest BCUT2D eigenvalue weighted by Crippen LogP contribution is -2.33. The molecule has 9 aromatic rings. The molecule has 2 aliphatic carbocycles. The molecular weight excluding hydrogens is 759 g/mol. The number of likely N-dealkylation sites (N-methyl/N-ethyl adjacent to an activating group) is 1. The Morgan fingerprint density at radius 1 is 0.607 bits per heavy atom. The second-order valence-corrected chi connectivity index (χ2v) is 17.8. The second-order valence-electron chi connectivity index (χ2n) is 16.8. The summed E-state index contributed by atoms with van der Waals surface area (Å²) in [6.07, 6.45) is 7.95. The van der Waals surface area contributed by atoms with E-state index in [1.165, 1.54) is 70.1 Å². The van der Waals surface area contributed by atoms with Gasteiger partial charge in [-0.3, -0.25) is 0 Å². The molecule has 0 spiro atoms. The maximum Gasteiger partial charge on any atom is 0.137 e. The number of hydrogen-bond donors (Lipinski definition) is 0. The average molecular weight is 800 g/mol. The highest BCUT2D eigenvalue weighted by atomic mass is 32.1. The van der Waals surface area contributed by atoms with E-state index >= 15 is 0 Å². The van der Waals surface area contributed by atoms with E-state index in [4.69, 9.17) is 9.98 Å². The number of allylic oxidation sites excluding steroid dienone is 4. The van der Waals surface area contributed by atoms with E-state index in [0.29, 0.717) is 0 Å². The fourth-order valence-electron chi connectivity index (χ4n) is 10.2. The minimum absolute atomic E-state index is 0.0503. The fraction of sp³-hybridized carbons (Fsp3) is 0.0877. The Hall–Kier alpha value is -7.14. The summed E-state index contributed by atoms with van der Waals surface area (Å²) in [5.41, 5.74) is 16.8. The van der Waals surface area contributed by atoms with Crippen molar-refractivity contribution in [3.8, 4) is 22.4 Å². The van der Waals surface area contributed by atoms with Crippen molar-refractivity contribution in [1.29, 1.82) is 0 Å². The Morgan fingerprint density at radius 2 is 1.28 bits per heavy atom. The third-order valence-electron chi connectivity index (χ3n) is 13.2. The molecule has 0 bridgehead atoms. The molecule has 2 unspecified atom stereocenters. The van der Waals surface area contributed by atoms with Gasteiger partial charge in [0.1, 0.15) is 5.84 Å². The molecular formula is C57H41N3S. The molecule has 0 radical (unpaired) electrons. The van der Waals surface area contributed by atoms with Gasteiger partial charge in [0.2, 0.25) is 0 Å². The first kappa shape index (κ1) is 35.8. The molecule has 1 aliphatic heterocycles. The van der Waals surface area contributed by atoms with E-state index in [9.17, 15) is 0 Å². The van der Waals surface area contributed by atoms with Gasteiger partial charge < -0.3 is 4.90 Å². The van der Waals surface area contributed by atoms with Crippen LogP contribution < -0.4 is 0 Å². The van der Waals surface area contributed by atoms with Crippen LogP contribution in [0.1, 0.15) is 52.8 Å². The number of rotatable bonds is 5. The Morgan fingerprint density at radius 3 is 2.10 bits per heavy atom. The zero-order valence-corrected chi connectivity index (χ0v) is 34.8. The van der Waals surface area contributed by atoms with Crippen LogP contribution in [-0.4, -0.2) is 22.8 Å². The summed E-state index contributed by atoms with van der Waals surface area (Å²) < 4.78 is 2.49. The number of pyridine rings is 1. The van der Waals surface area contributed by atoms with Crippen LogP contribution >= 0.6 is 11.3 Å². The van der Waals surface area contributed by atoms with Crippen LogP contribution in [0.25, 0.3) is 70.3 Å². The van der Waals surface area contributed by atoms with E-state index in [0.717, 1.165) is 45.9 Å². The Balaban J connectivity index is 0.956. The topological polar surface area (TPSA) is 28.5 Å². The number of thiophene rings is 1. The number of aromatic nitrogens is 1. The summed E-state index contributed by atoms with van der Waals surface area (Å²) in [4.78, 5) is 13.0. The maximum atomic E-state index is 5.48. The zero-order valence-electron chi connectivity index (χ0n) is 34.0. The van der Waals surface area contributed by atoms with E-state index in [-0.39, 0.29) is 11.5 Å². The number of nitrogens with zero attached hydrogens (tertiary/aromatic N) is 3. The quantitative estimate of drug-likeness (QED) is 0.173. The highest BCUT2D eigenvalue weighted by Gasteiger charge is 2.41. The predicted octanol–water partition coefficient (Wildman–Crippen LogP) is 14.6. The van der Waals surface area contributed by atoms with Crippen LogP contribution in [0.4, 0.5) is 0 Å². The molecule has 0 saturated carbocycles. The molecule has 2 aromatic heterocycles. The van der Waals surface area contributed by atoms with Crippen molar-refractivity contribution in [1.82, 2.24) is 9.88 Å². The third kappa shape index (κ3) is 5.70. The first-order valence-electron chi connectivity index (χ1n) is 21.1. The van der Waals surface area contributed by atoms with Gasteiger partial charge in [0, 0.05) is 44.4 Å². The molecule has 3 heterocycles. The first-order valence-corrected chi connectivity index (χ1v) is 21.9. The largest absolute Gasteiger partial charge is 0.349 e. The molecule has 290 valence electrons. The highest BCUT2D eigenvalue weighted by molar-refractivity contribution is 7.26. The minimum atomic E-state index is -0.136. The molecule has 61 heavy (non-hydrogen) atoms. The van der Waals surface area contributed by atoms with E-state index in [2.05, 4.69) is 213 Å². The summed E-state index contributed by atoms with van der Waals surface area (Å²) >= 11 is 1.84. The molecule has 12 rings (SSSR count). The van der Waals surface area contributed by atoms with Gasteiger partial charge in [-0.15, -0.1) is 11.3 Å². The van der Waals surface area contributed by atoms with Crippen molar-refractivity contribution >= 4 is 65.1 Å². The number of benzene rings is 7. The minimum Gasteiger partial charge on any atom is -0.349 e. The van der Waals surface area contributed by atoms with Crippen molar-refractivity contribution in [3.63, 3.8) is 0 Å². The van der Waals surface area contributed by atoms with E-state index in [1.807, 2.05) is 11.3 Å². The lowest BCUT2D eigenvalue weighted by atomic mass is 9.61. The Labute approximate surface area is 360 Å². The molecule has 0 amide bonds. The van der Waals surface area contributed by atoms with Gasteiger partial charge in [-0.2, -0.15) is 0 Å². The molecule has 0 fully saturated rings. The standard InChI is InChI=1S/C57H41N3S/c1-57-35-41(29-31-48(57)44-20-10-9-19-42(44)43-21-11-13-23-47(43)57)40-30-32-49-46(33-40)53-45-22-12-14-24-52(45)61-55(53)54(58-49)38-25-27-39(28-26-38)56-59-50(36-15-5-3-6-16-36)34-51(60(56)2)37-17-7-4-8-18-37/h3-34,51H,35H2,1-2H3. The van der Waals surface area contributed by atoms with Crippen LogP contribution in [0.5, 0.6) is 0 Å². The third-order valence-corrected chi connectivity index (χ3v) is 14.4. The van der Waals surface area contributed by atoms with Crippen molar-refractivity contribution in [3.05, 3.63) is 228 Å². The van der Waals surface area contributed by atoms with Crippen LogP contribution in [0.15, 0.2) is 199 Å². The lowest BCUT2D eigenvalue weighted by Gasteiger charge is -2.42. The van der Waals surface area contributed by atoms with Gasteiger partial charge in [-0.25, -0.2) is 9.98 Å². The zero-order chi connectivity index (χ0) is 40.7. The van der Waals surface area contributed by atoms with E-state index in [1.54, 1.807) is 0 Å². The smallest absolute Gasteiger partial charge is 0.137 e. The van der Waals surface area contributed by atoms with Gasteiger partial charge in [0.25, 0.3) is 0 Å². The number of aliphatic imine (C=N–C) groups is 1. The van der Waals surface area contributed by atoms with Gasteiger partial charge in [0.15, 0.2) is 0 Å². The summed E-state index contributed by atoms with van der Waals surface area (Å²) in [5.74, 6) is 0.946. The fourth-order valence-corrected chi connectivity index (χ4v) is 11.4. The normalized spacial score (nSPS) is 18.2. The summed E-state index contributed by atoms with van der Waals surface area (Å²) in [7, 11) is 2.15. The van der Waals surface area contributed by atoms with Crippen molar-refractivity contribution in [2.24, 2.45) is 4.99 Å². The number of hydrogen-bond acceptors (Lipinski definition) is 4. The van der Waals surface area contributed by atoms with Crippen LogP contribution in [0, 0.1) is 0 Å². The molecule has 4 heteroatoms. The lowest BCUT2D eigenvalue weighted by molar-refractivity contribution is 0.435. The van der Waals surface area contributed by atoms with Crippen LogP contribution in [-0.2, 0) is 5.41 Å². The second kappa shape index (κ2) is 14.0. The van der Waals surface area contributed by atoms with Gasteiger partial charge in [-0.1, -0.05) is 177 Å². The summed E-state index contributed by atoms with van der Waals surface area (Å²) in [6.45, 7) is 2.44. The molecule has 7 aromatic carbocycles. The molecule has 3 nitrogen and oxygen atoms in total. The number of fused-ring (bicyclic) bond motifs is 11. The van der Waals surface area contributed by atoms with Crippen molar-refractivity contribution in [2.75, 3.05) is 7.05 Å². The predicted molar refractivity (Wildman–Crippen MR) is 258 cm³/mol. The molecule has 2 atom stereocenters. The van der Waals surface area contributed by atoms with Gasteiger partial charge in [-0.05, 0) is 80.8 Å². The first-order chi connectivity index (χ1) is 30.0. The van der Waals surface area contributed by atoms with Crippen LogP contribution in [0.2, 0.25) is 0 Å². The van der Waals surface area contributed by atoms with Crippen molar-refractivity contribution in [2.45, 2.75) is 24.8 Å². The molecule has 3 aliphatic rings. The molecule has 0 saturated heterocycles. The SMILES string of the molecule is CN1C(c2ccc(-c3nc4ccc(C5=CC=C6c7ccccc7-c7ccccc7C6(C)C5)cc4c4c3sc3ccccc34)cc2)=NC(c2ccccc2)=CC1c1ccccc1. The maximum absolute atomic E-state index is 5.48. The number of amidine groups is 1. The van der Waals surface area contributed by atoms with Crippen LogP contribution in [0.3, 0.4) is 0 Å². The van der Waals surface area contributed by atoms with Gasteiger partial charge >= 0.3 is 0 Å². The van der Waals surface area contributed by atoms with E-state index < -0.39 is 0 Å². The Bertz CT molecular complexity index is 3350. The summed E-state index contributed by atoms with van der Waals surface area (Å²) in [5, 5.41) is 3.76. The Kier molecular flexibility index (Phi) is 8.20. The summed E-state index contributed by atoms with van der Waals surface area (Å²) in [6, 6.07) is 63.8. The highest BCUT2D eigenvalue weighted by Crippen LogP contribution is 2.55. The monoisotopic (exact) mass is 799 g/mol. The molecule has 0 N–H and O–H groups in total. The average Bonchev–Trinajstić information content (AvgIpc) is 3.72.